The summed E-state index contributed by atoms with van der Waals surface area (Å²) in [4.78, 5) is 11.7. The Morgan fingerprint density at radius 1 is 1.04 bits per heavy atom. The van der Waals surface area contributed by atoms with Gasteiger partial charge in [0.25, 0.3) is 0 Å². The first-order valence-electron chi connectivity index (χ1n) is 6.55. The van der Waals surface area contributed by atoms with E-state index >= 15 is 0 Å². The molecule has 24 heavy (non-hydrogen) atoms. The molecule has 128 valence electrons. The number of hydrogen-bond acceptors (Lipinski definition) is 2. The van der Waals surface area contributed by atoms with E-state index in [2.05, 4.69) is 10.6 Å². The third kappa shape index (κ3) is 5.21. The van der Waals surface area contributed by atoms with E-state index < -0.39 is 23.5 Å². The van der Waals surface area contributed by atoms with Gasteiger partial charge in [0.05, 0.1) is 11.3 Å². The molecule has 4 nitrogen and oxygen atoms in total. The maximum atomic E-state index is 12.9. The Hall–Kier alpha value is -2.12. The molecule has 2 N–H and O–H groups in total. The molecule has 0 spiro atoms. The highest BCUT2D eigenvalue weighted by Crippen LogP contribution is 2.36. The summed E-state index contributed by atoms with van der Waals surface area (Å²) in [5.41, 5.74) is -1.44. The predicted molar refractivity (Wildman–Crippen MR) is 85.6 cm³/mol. The summed E-state index contributed by atoms with van der Waals surface area (Å²) in [7, 11) is 0. The highest BCUT2D eigenvalue weighted by atomic mass is 35.5. The number of alkyl halides is 3. The summed E-state index contributed by atoms with van der Waals surface area (Å²) in [5, 5.41) is 4.83. The molecule has 0 heterocycles. The lowest BCUT2D eigenvalue weighted by molar-refractivity contribution is -0.136. The third-order valence-corrected chi connectivity index (χ3v) is 3.31. The van der Waals surface area contributed by atoms with E-state index in [9.17, 15) is 18.0 Å². The van der Waals surface area contributed by atoms with Crippen LogP contribution in [0.2, 0.25) is 10.0 Å². The molecule has 0 aliphatic heterocycles. The Labute approximate surface area is 145 Å². The smallest absolute Gasteiger partial charge is 0.418 e. The van der Waals surface area contributed by atoms with Crippen LogP contribution < -0.4 is 15.4 Å². The van der Waals surface area contributed by atoms with E-state index in [1.54, 1.807) is 24.3 Å². The van der Waals surface area contributed by atoms with Gasteiger partial charge in [0, 0.05) is 10.0 Å². The van der Waals surface area contributed by atoms with Crippen LogP contribution in [-0.4, -0.2) is 12.8 Å². The second-order valence-electron chi connectivity index (χ2n) is 4.56. The van der Waals surface area contributed by atoms with Gasteiger partial charge in [-0.3, -0.25) is 0 Å². The Morgan fingerprint density at radius 3 is 2.29 bits per heavy atom. The largest absolute Gasteiger partial charge is 0.473 e. The Bertz CT molecular complexity index is 722. The van der Waals surface area contributed by atoms with Crippen molar-refractivity contribution in [3.05, 3.63) is 58.1 Å². The van der Waals surface area contributed by atoms with Crippen molar-refractivity contribution in [1.82, 2.24) is 5.32 Å². The van der Waals surface area contributed by atoms with Crippen LogP contribution in [0.15, 0.2) is 42.5 Å². The summed E-state index contributed by atoms with van der Waals surface area (Å²) in [6.07, 6.45) is -4.65. The van der Waals surface area contributed by atoms with Crippen molar-refractivity contribution in [2.24, 2.45) is 0 Å². The minimum atomic E-state index is -4.65. The molecule has 0 saturated heterocycles. The first kappa shape index (κ1) is 18.2. The normalized spacial score (nSPS) is 11.0. The van der Waals surface area contributed by atoms with Gasteiger partial charge in [-0.05, 0) is 42.5 Å². The molecule has 9 heteroatoms. The standard InChI is InChI=1S/C15H11Cl2F3N2O2/c16-9-1-4-11(5-2-9)24-8-21-14(23)22-13-6-3-10(17)7-12(13)15(18,19)20/h1-7H,8H2,(H2,21,22,23). The lowest BCUT2D eigenvalue weighted by Crippen LogP contribution is -2.32. The van der Waals surface area contributed by atoms with E-state index in [0.717, 1.165) is 12.1 Å². The lowest BCUT2D eigenvalue weighted by atomic mass is 10.1. The van der Waals surface area contributed by atoms with Crippen LogP contribution in [0.5, 0.6) is 5.75 Å². The molecule has 0 bridgehead atoms. The van der Waals surface area contributed by atoms with Crippen LogP contribution in [0.3, 0.4) is 0 Å². The molecular formula is C15H11Cl2F3N2O2. The van der Waals surface area contributed by atoms with Crippen molar-refractivity contribution in [2.75, 3.05) is 12.0 Å². The lowest BCUT2D eigenvalue weighted by Gasteiger charge is -2.15. The number of urea groups is 1. The molecule has 2 aromatic rings. The van der Waals surface area contributed by atoms with Gasteiger partial charge in [0.1, 0.15) is 5.75 Å². The molecule has 0 atom stereocenters. The van der Waals surface area contributed by atoms with Crippen molar-refractivity contribution in [3.63, 3.8) is 0 Å². The number of anilines is 1. The van der Waals surface area contributed by atoms with Crippen LogP contribution >= 0.6 is 23.2 Å². The van der Waals surface area contributed by atoms with Gasteiger partial charge >= 0.3 is 12.2 Å². The minimum Gasteiger partial charge on any atom is -0.473 e. The molecule has 0 fully saturated rings. The van der Waals surface area contributed by atoms with E-state index in [-0.39, 0.29) is 11.8 Å². The fourth-order valence-corrected chi connectivity index (χ4v) is 2.04. The van der Waals surface area contributed by atoms with Crippen LogP contribution in [0.1, 0.15) is 5.56 Å². The van der Waals surface area contributed by atoms with E-state index in [1.807, 2.05) is 0 Å². The average Bonchev–Trinajstić information content (AvgIpc) is 2.50. The van der Waals surface area contributed by atoms with Crippen molar-refractivity contribution in [1.29, 1.82) is 0 Å². The number of ether oxygens (including phenoxy) is 1. The second kappa shape index (κ2) is 7.63. The number of nitrogens with one attached hydrogen (secondary N) is 2. The fraction of sp³-hybridized carbons (Fsp3) is 0.133. The van der Waals surface area contributed by atoms with Gasteiger partial charge in [0.15, 0.2) is 6.73 Å². The number of carbonyl (C=O) groups is 1. The van der Waals surface area contributed by atoms with E-state index in [0.29, 0.717) is 10.8 Å². The number of halogens is 5. The van der Waals surface area contributed by atoms with Crippen molar-refractivity contribution < 1.29 is 22.7 Å². The molecular weight excluding hydrogens is 368 g/mol. The van der Waals surface area contributed by atoms with Gasteiger partial charge in [-0.1, -0.05) is 23.2 Å². The zero-order valence-corrected chi connectivity index (χ0v) is 13.5. The van der Waals surface area contributed by atoms with Crippen LogP contribution in [0.25, 0.3) is 0 Å². The highest BCUT2D eigenvalue weighted by Gasteiger charge is 2.34. The second-order valence-corrected chi connectivity index (χ2v) is 5.43. The quantitative estimate of drug-likeness (QED) is 0.721. The first-order chi connectivity index (χ1) is 11.3. The molecule has 0 radical (unpaired) electrons. The zero-order valence-electron chi connectivity index (χ0n) is 12.0. The maximum absolute atomic E-state index is 12.9. The van der Waals surface area contributed by atoms with Crippen LogP contribution in [-0.2, 0) is 6.18 Å². The van der Waals surface area contributed by atoms with Gasteiger partial charge in [0.2, 0.25) is 0 Å². The fourth-order valence-electron chi connectivity index (χ4n) is 1.74. The molecule has 2 aromatic carbocycles. The number of hydrogen-bond donors (Lipinski definition) is 2. The number of rotatable bonds is 4. The SMILES string of the molecule is O=C(NCOc1ccc(Cl)cc1)Nc1ccc(Cl)cc1C(F)(F)F. The maximum Gasteiger partial charge on any atom is 0.418 e. The number of benzene rings is 2. The van der Waals surface area contributed by atoms with Crippen molar-refractivity contribution >= 4 is 34.9 Å². The molecule has 0 aliphatic rings. The molecule has 2 amide bonds. The first-order valence-corrected chi connectivity index (χ1v) is 7.31. The summed E-state index contributed by atoms with van der Waals surface area (Å²) >= 11 is 11.3. The summed E-state index contributed by atoms with van der Waals surface area (Å²) in [6.45, 7) is -0.234. The number of carbonyl (C=O) groups excluding carboxylic acids is 1. The predicted octanol–water partition coefficient (Wildman–Crippen LogP) is 5.17. The molecule has 0 unspecified atom stereocenters. The van der Waals surface area contributed by atoms with E-state index in [4.69, 9.17) is 27.9 Å². The van der Waals surface area contributed by atoms with Gasteiger partial charge in [-0.15, -0.1) is 0 Å². The average molecular weight is 379 g/mol. The number of amides is 2. The third-order valence-electron chi connectivity index (χ3n) is 2.82. The van der Waals surface area contributed by atoms with Crippen LogP contribution in [0, 0.1) is 0 Å². The molecule has 0 aliphatic carbocycles. The van der Waals surface area contributed by atoms with Gasteiger partial charge in [-0.25, -0.2) is 4.79 Å². The zero-order chi connectivity index (χ0) is 17.7. The van der Waals surface area contributed by atoms with Gasteiger partial charge in [-0.2, -0.15) is 13.2 Å². The van der Waals surface area contributed by atoms with Crippen molar-refractivity contribution in [2.45, 2.75) is 6.18 Å². The summed E-state index contributed by atoms with van der Waals surface area (Å²) in [5.74, 6) is 0.446. The molecule has 0 saturated carbocycles. The Kier molecular flexibility index (Phi) is 5.80. The summed E-state index contributed by atoms with van der Waals surface area (Å²) < 4.78 is 44.0. The molecule has 2 rings (SSSR count). The minimum absolute atomic E-state index is 0.0839. The van der Waals surface area contributed by atoms with Gasteiger partial charge < -0.3 is 15.4 Å². The van der Waals surface area contributed by atoms with Crippen molar-refractivity contribution in [3.8, 4) is 5.75 Å². The Balaban J connectivity index is 1.94. The monoisotopic (exact) mass is 378 g/mol. The van der Waals surface area contributed by atoms with E-state index in [1.165, 1.54) is 6.07 Å². The Morgan fingerprint density at radius 2 is 1.67 bits per heavy atom. The van der Waals surface area contributed by atoms with Crippen LogP contribution in [0.4, 0.5) is 23.7 Å². The topological polar surface area (TPSA) is 50.4 Å². The molecule has 0 aromatic heterocycles. The summed E-state index contributed by atoms with van der Waals surface area (Å²) in [6, 6.07) is 8.58. The highest BCUT2D eigenvalue weighted by molar-refractivity contribution is 6.31.